The van der Waals surface area contributed by atoms with Gasteiger partial charge in [-0.2, -0.15) is 5.10 Å². The molecule has 1 rings (SSSR count). The van der Waals surface area contributed by atoms with E-state index >= 15 is 0 Å². The summed E-state index contributed by atoms with van der Waals surface area (Å²) < 4.78 is 1.62. The summed E-state index contributed by atoms with van der Waals surface area (Å²) in [5, 5.41) is 5.51. The molecule has 0 aromatic carbocycles. The highest BCUT2D eigenvalue weighted by molar-refractivity contribution is 8.14. The summed E-state index contributed by atoms with van der Waals surface area (Å²) in [7, 11) is 1.72. The van der Waals surface area contributed by atoms with Crippen molar-refractivity contribution in [2.24, 2.45) is 23.7 Å². The molecule has 0 aliphatic heterocycles. The van der Waals surface area contributed by atoms with E-state index in [-0.39, 0.29) is 10.9 Å². The van der Waals surface area contributed by atoms with Crippen LogP contribution < -0.4 is 16.9 Å². The fraction of sp³-hybridized carbons (Fsp3) is 0.222. The van der Waals surface area contributed by atoms with Gasteiger partial charge in [-0.3, -0.25) is 14.9 Å². The minimum absolute atomic E-state index is 0.0112. The third-order valence-corrected chi connectivity index (χ3v) is 2.72. The monoisotopic (exact) mass is 255 g/mol. The zero-order valence-corrected chi connectivity index (χ0v) is 10.0. The van der Waals surface area contributed by atoms with Gasteiger partial charge in [-0.1, -0.05) is 11.8 Å². The summed E-state index contributed by atoms with van der Waals surface area (Å²) in [6, 6.07) is 3.33. The van der Waals surface area contributed by atoms with Crippen LogP contribution in [0.25, 0.3) is 0 Å². The molecule has 0 aliphatic rings. The molecule has 1 heterocycles. The van der Waals surface area contributed by atoms with Crippen molar-refractivity contribution in [3.63, 3.8) is 0 Å². The number of thioether (sulfide) groups is 1. The number of aromatic nitrogens is 1. The van der Waals surface area contributed by atoms with Gasteiger partial charge >= 0.3 is 0 Å². The number of nitrogens with two attached hydrogens (primary N) is 2. The quantitative estimate of drug-likeness (QED) is 0.283. The van der Waals surface area contributed by atoms with E-state index in [1.807, 2.05) is 0 Å². The van der Waals surface area contributed by atoms with Crippen molar-refractivity contribution in [2.45, 2.75) is 0 Å². The molecule has 0 bridgehead atoms. The Morgan fingerprint density at radius 2 is 2.29 bits per heavy atom. The standard InChI is InChI=1S/C9H13N5O2S/c1-14-4-2-3-6(14)8(16)12-7(15)5-17-9(10)13-11/h2-4H,5,11H2,1H3,(H2,10,13)(H,12,15,16). The number of hydrogen-bond acceptors (Lipinski definition) is 5. The first-order valence-corrected chi connectivity index (χ1v) is 5.65. The maximum atomic E-state index is 11.6. The highest BCUT2D eigenvalue weighted by Crippen LogP contribution is 2.01. The minimum Gasteiger partial charge on any atom is -0.377 e. The highest BCUT2D eigenvalue weighted by atomic mass is 32.2. The summed E-state index contributed by atoms with van der Waals surface area (Å²) in [5.74, 6) is 3.98. The van der Waals surface area contributed by atoms with Crippen LogP contribution in [0, 0.1) is 0 Å². The van der Waals surface area contributed by atoms with Crippen molar-refractivity contribution >= 4 is 28.7 Å². The second-order valence-electron chi connectivity index (χ2n) is 3.14. The minimum atomic E-state index is -0.452. The molecule has 0 saturated heterocycles. The van der Waals surface area contributed by atoms with E-state index in [0.29, 0.717) is 5.69 Å². The first-order chi connectivity index (χ1) is 8.04. The lowest BCUT2D eigenvalue weighted by atomic mass is 10.4. The molecule has 0 radical (unpaired) electrons. The molecule has 8 heteroatoms. The molecule has 1 aromatic heterocycles. The van der Waals surface area contributed by atoms with Crippen molar-refractivity contribution in [3.05, 3.63) is 24.0 Å². The number of imide groups is 1. The van der Waals surface area contributed by atoms with Gasteiger partial charge in [-0.25, -0.2) is 0 Å². The lowest BCUT2D eigenvalue weighted by Gasteiger charge is -2.04. The SMILES string of the molecule is Cn1cccc1C(=O)NC(=O)CSC(N)=NN. The number of aryl methyl sites for hydroxylation is 1. The summed E-state index contributed by atoms with van der Waals surface area (Å²) >= 11 is 0.960. The topological polar surface area (TPSA) is 116 Å². The molecule has 7 nitrogen and oxygen atoms in total. The van der Waals surface area contributed by atoms with Crippen LogP contribution in [0.15, 0.2) is 23.4 Å². The molecule has 92 valence electrons. The molecule has 1 aromatic rings. The largest absolute Gasteiger partial charge is 0.377 e. The maximum absolute atomic E-state index is 11.6. The Bertz CT molecular complexity index is 454. The van der Waals surface area contributed by atoms with Gasteiger partial charge in [0.25, 0.3) is 5.91 Å². The van der Waals surface area contributed by atoms with Gasteiger partial charge in [0.2, 0.25) is 5.91 Å². The molecule has 0 saturated carbocycles. The average molecular weight is 255 g/mol. The van der Waals surface area contributed by atoms with Gasteiger partial charge in [0.15, 0.2) is 5.17 Å². The number of hydrazone groups is 1. The van der Waals surface area contributed by atoms with E-state index in [0.717, 1.165) is 11.8 Å². The predicted molar refractivity (Wildman–Crippen MR) is 66.2 cm³/mol. The lowest BCUT2D eigenvalue weighted by molar-refractivity contribution is -0.117. The normalized spacial score (nSPS) is 11.2. The van der Waals surface area contributed by atoms with E-state index in [4.69, 9.17) is 11.6 Å². The van der Waals surface area contributed by atoms with Crippen molar-refractivity contribution in [3.8, 4) is 0 Å². The molecule has 2 amide bonds. The van der Waals surface area contributed by atoms with Crippen molar-refractivity contribution < 1.29 is 9.59 Å². The smallest absolute Gasteiger partial charge is 0.274 e. The molecular formula is C9H13N5O2S. The molecule has 0 spiro atoms. The summed E-state index contributed by atoms with van der Waals surface area (Å²) in [5.41, 5.74) is 5.70. The van der Waals surface area contributed by atoms with E-state index in [2.05, 4.69) is 10.4 Å². The van der Waals surface area contributed by atoms with Crippen LogP contribution in [-0.4, -0.2) is 27.3 Å². The first kappa shape index (κ1) is 13.1. The Kier molecular flexibility index (Phi) is 4.58. The van der Waals surface area contributed by atoms with Gasteiger partial charge in [-0.15, -0.1) is 0 Å². The van der Waals surface area contributed by atoms with Gasteiger partial charge in [0.1, 0.15) is 5.69 Å². The number of amidine groups is 1. The number of rotatable bonds is 3. The molecule has 0 aliphatic carbocycles. The predicted octanol–water partition coefficient (Wildman–Crippen LogP) is -0.797. The van der Waals surface area contributed by atoms with Crippen molar-refractivity contribution in [1.82, 2.24) is 9.88 Å². The Hall–Kier alpha value is -1.96. The Labute approximate surface area is 102 Å². The summed E-state index contributed by atoms with van der Waals surface area (Å²) in [6.45, 7) is 0. The van der Waals surface area contributed by atoms with Gasteiger partial charge in [0.05, 0.1) is 5.75 Å². The average Bonchev–Trinajstić information content (AvgIpc) is 2.72. The third kappa shape index (κ3) is 3.83. The molecule has 17 heavy (non-hydrogen) atoms. The van der Waals surface area contributed by atoms with Crippen LogP contribution in [0.1, 0.15) is 10.5 Å². The molecule has 5 N–H and O–H groups in total. The van der Waals surface area contributed by atoms with E-state index < -0.39 is 11.8 Å². The van der Waals surface area contributed by atoms with Crippen LogP contribution in [0.3, 0.4) is 0 Å². The summed E-state index contributed by atoms with van der Waals surface area (Å²) in [6.07, 6.45) is 1.72. The number of nitrogens with zero attached hydrogens (tertiary/aromatic N) is 2. The van der Waals surface area contributed by atoms with Crippen molar-refractivity contribution in [2.75, 3.05) is 5.75 Å². The van der Waals surface area contributed by atoms with Crippen molar-refractivity contribution in [1.29, 1.82) is 0 Å². The maximum Gasteiger partial charge on any atom is 0.274 e. The Balaban J connectivity index is 2.47. The fourth-order valence-electron chi connectivity index (χ4n) is 1.10. The first-order valence-electron chi connectivity index (χ1n) is 4.66. The number of hydrogen-bond donors (Lipinski definition) is 3. The molecule has 0 unspecified atom stereocenters. The van der Waals surface area contributed by atoms with Crippen LogP contribution in [0.2, 0.25) is 0 Å². The van der Waals surface area contributed by atoms with Crippen LogP contribution in [-0.2, 0) is 11.8 Å². The molecule has 0 fully saturated rings. The van der Waals surface area contributed by atoms with E-state index in [9.17, 15) is 9.59 Å². The van der Waals surface area contributed by atoms with Crippen LogP contribution in [0.5, 0.6) is 0 Å². The highest BCUT2D eigenvalue weighted by Gasteiger charge is 2.12. The number of nitrogens with one attached hydrogen (secondary N) is 1. The third-order valence-electron chi connectivity index (χ3n) is 1.91. The van der Waals surface area contributed by atoms with E-state index in [1.165, 1.54) is 0 Å². The van der Waals surface area contributed by atoms with Crippen LogP contribution >= 0.6 is 11.8 Å². The fourth-order valence-corrected chi connectivity index (χ4v) is 1.53. The number of carbonyl (C=O) groups excluding carboxylic acids is 2. The van der Waals surface area contributed by atoms with Crippen LogP contribution in [0.4, 0.5) is 0 Å². The van der Waals surface area contributed by atoms with E-state index in [1.54, 1.807) is 29.9 Å². The summed E-state index contributed by atoms with van der Waals surface area (Å²) in [4.78, 5) is 23.0. The Morgan fingerprint density at radius 3 is 2.82 bits per heavy atom. The molecule has 0 atom stereocenters. The lowest BCUT2D eigenvalue weighted by Crippen LogP contribution is -2.33. The zero-order chi connectivity index (χ0) is 12.8. The Morgan fingerprint density at radius 1 is 1.59 bits per heavy atom. The van der Waals surface area contributed by atoms with Gasteiger partial charge in [-0.05, 0) is 12.1 Å². The second kappa shape index (κ2) is 5.94. The molecular weight excluding hydrogens is 242 g/mol. The van der Waals surface area contributed by atoms with Gasteiger partial charge in [0, 0.05) is 13.2 Å². The number of amides is 2. The zero-order valence-electron chi connectivity index (χ0n) is 9.21. The van der Waals surface area contributed by atoms with Gasteiger partial charge < -0.3 is 16.1 Å². The second-order valence-corrected chi connectivity index (χ2v) is 4.13. The number of carbonyl (C=O) groups is 2.